The number of ether oxygens (including phenoxy) is 1. The molecule has 5 nitrogen and oxygen atoms in total. The second-order valence-electron chi connectivity index (χ2n) is 3.69. The van der Waals surface area contributed by atoms with Crippen LogP contribution in [0.2, 0.25) is 5.02 Å². The Balaban J connectivity index is 2.58. The van der Waals surface area contributed by atoms with E-state index >= 15 is 0 Å². The standard InChI is InChI=1S/C11H13ClF2N2O3/c1-19-5-7(17)4-15-11(18)16-10-8(13)2-6(12)3-9(10)14/h2-3,7,17H,4-5H2,1H3,(H2,15,16,18). The van der Waals surface area contributed by atoms with E-state index in [4.69, 9.17) is 11.6 Å². The van der Waals surface area contributed by atoms with Crippen molar-refractivity contribution in [1.29, 1.82) is 0 Å². The number of halogens is 3. The molecule has 1 unspecified atom stereocenters. The number of urea groups is 1. The maximum absolute atomic E-state index is 13.4. The molecule has 19 heavy (non-hydrogen) atoms. The summed E-state index contributed by atoms with van der Waals surface area (Å²) >= 11 is 5.44. The second-order valence-corrected chi connectivity index (χ2v) is 4.13. The smallest absolute Gasteiger partial charge is 0.319 e. The van der Waals surface area contributed by atoms with Crippen molar-refractivity contribution in [3.05, 3.63) is 28.8 Å². The van der Waals surface area contributed by atoms with Crippen molar-refractivity contribution in [3.8, 4) is 0 Å². The molecule has 2 amide bonds. The highest BCUT2D eigenvalue weighted by Crippen LogP contribution is 2.23. The van der Waals surface area contributed by atoms with Crippen molar-refractivity contribution in [3.63, 3.8) is 0 Å². The molecular weight excluding hydrogens is 282 g/mol. The molecule has 0 aromatic heterocycles. The summed E-state index contributed by atoms with van der Waals surface area (Å²) in [6.07, 6.45) is -0.907. The molecule has 0 aliphatic heterocycles. The van der Waals surface area contributed by atoms with Gasteiger partial charge in [0.1, 0.15) is 5.69 Å². The monoisotopic (exact) mass is 294 g/mol. The fraction of sp³-hybridized carbons (Fsp3) is 0.364. The quantitative estimate of drug-likeness (QED) is 0.775. The normalized spacial score (nSPS) is 12.1. The van der Waals surface area contributed by atoms with E-state index in [-0.39, 0.29) is 18.2 Å². The lowest BCUT2D eigenvalue weighted by Gasteiger charge is -2.12. The summed E-state index contributed by atoms with van der Waals surface area (Å²) in [6, 6.07) is 0.898. The van der Waals surface area contributed by atoms with E-state index < -0.39 is 29.5 Å². The van der Waals surface area contributed by atoms with Crippen molar-refractivity contribution in [2.24, 2.45) is 0 Å². The van der Waals surface area contributed by atoms with Crippen LogP contribution >= 0.6 is 11.6 Å². The Morgan fingerprint density at radius 3 is 2.58 bits per heavy atom. The lowest BCUT2D eigenvalue weighted by Crippen LogP contribution is -2.37. The van der Waals surface area contributed by atoms with Gasteiger partial charge in [0.2, 0.25) is 0 Å². The minimum Gasteiger partial charge on any atom is -0.389 e. The first-order valence-corrected chi connectivity index (χ1v) is 5.68. The van der Waals surface area contributed by atoms with Crippen LogP contribution in [0.5, 0.6) is 0 Å². The van der Waals surface area contributed by atoms with Gasteiger partial charge in [0, 0.05) is 18.7 Å². The number of methoxy groups -OCH3 is 1. The van der Waals surface area contributed by atoms with Gasteiger partial charge in [-0.2, -0.15) is 0 Å². The molecule has 0 bridgehead atoms. The topological polar surface area (TPSA) is 70.6 Å². The molecule has 3 N–H and O–H groups in total. The van der Waals surface area contributed by atoms with Gasteiger partial charge in [0.05, 0.1) is 12.7 Å². The largest absolute Gasteiger partial charge is 0.389 e. The van der Waals surface area contributed by atoms with E-state index in [0.717, 1.165) is 12.1 Å². The van der Waals surface area contributed by atoms with Crippen LogP contribution in [-0.2, 0) is 4.74 Å². The summed E-state index contributed by atoms with van der Waals surface area (Å²) in [4.78, 5) is 11.4. The Morgan fingerprint density at radius 2 is 2.05 bits per heavy atom. The summed E-state index contributed by atoms with van der Waals surface area (Å²) in [5.41, 5.74) is -0.608. The number of carbonyl (C=O) groups is 1. The SMILES string of the molecule is COCC(O)CNC(=O)Nc1c(F)cc(Cl)cc1F. The number of carbonyl (C=O) groups excluding carboxylic acids is 1. The van der Waals surface area contributed by atoms with Gasteiger partial charge in [0.25, 0.3) is 0 Å². The third-order valence-electron chi connectivity index (χ3n) is 2.10. The molecule has 0 aliphatic rings. The van der Waals surface area contributed by atoms with Crippen LogP contribution in [0, 0.1) is 11.6 Å². The minimum absolute atomic E-state index is 0.0317. The number of amides is 2. The Kier molecular flexibility index (Phi) is 5.94. The summed E-state index contributed by atoms with van der Waals surface area (Å²) in [7, 11) is 1.39. The molecule has 0 fully saturated rings. The lowest BCUT2D eigenvalue weighted by molar-refractivity contribution is 0.0663. The lowest BCUT2D eigenvalue weighted by atomic mass is 10.3. The van der Waals surface area contributed by atoms with Crippen LogP contribution in [0.1, 0.15) is 0 Å². The first-order valence-electron chi connectivity index (χ1n) is 5.30. The van der Waals surface area contributed by atoms with Crippen LogP contribution < -0.4 is 10.6 Å². The number of nitrogens with one attached hydrogen (secondary N) is 2. The fourth-order valence-electron chi connectivity index (χ4n) is 1.28. The van der Waals surface area contributed by atoms with Crippen molar-refractivity contribution >= 4 is 23.3 Å². The van der Waals surface area contributed by atoms with E-state index in [9.17, 15) is 18.7 Å². The Bertz CT molecular complexity index is 437. The Morgan fingerprint density at radius 1 is 1.47 bits per heavy atom. The van der Waals surface area contributed by atoms with Gasteiger partial charge in [-0.15, -0.1) is 0 Å². The predicted molar refractivity (Wildman–Crippen MR) is 66.3 cm³/mol. The second kappa shape index (κ2) is 7.22. The first-order chi connectivity index (χ1) is 8.93. The van der Waals surface area contributed by atoms with E-state index in [0.29, 0.717) is 0 Å². The first kappa shape index (κ1) is 15.6. The Labute approximate surface area is 113 Å². The van der Waals surface area contributed by atoms with E-state index in [1.165, 1.54) is 7.11 Å². The molecule has 0 saturated carbocycles. The zero-order valence-corrected chi connectivity index (χ0v) is 10.8. The van der Waals surface area contributed by atoms with Crippen molar-refractivity contribution < 1.29 is 23.4 Å². The van der Waals surface area contributed by atoms with Crippen LogP contribution in [0.4, 0.5) is 19.3 Å². The highest BCUT2D eigenvalue weighted by molar-refractivity contribution is 6.30. The number of hydrogen-bond acceptors (Lipinski definition) is 3. The van der Waals surface area contributed by atoms with Crippen LogP contribution in [0.3, 0.4) is 0 Å². The van der Waals surface area contributed by atoms with Crippen molar-refractivity contribution in [2.45, 2.75) is 6.10 Å². The van der Waals surface area contributed by atoms with Gasteiger partial charge in [-0.1, -0.05) is 11.6 Å². The van der Waals surface area contributed by atoms with Crippen LogP contribution in [0.25, 0.3) is 0 Å². The summed E-state index contributed by atoms with van der Waals surface area (Å²) in [6.45, 7) is -0.0829. The van der Waals surface area contributed by atoms with E-state index in [2.05, 4.69) is 10.1 Å². The summed E-state index contributed by atoms with van der Waals surface area (Å²) in [5.74, 6) is -1.98. The van der Waals surface area contributed by atoms with Gasteiger partial charge in [-0.05, 0) is 12.1 Å². The van der Waals surface area contributed by atoms with Gasteiger partial charge in [-0.25, -0.2) is 13.6 Å². The predicted octanol–water partition coefficient (Wildman–Crippen LogP) is 1.75. The molecule has 1 aromatic carbocycles. The number of benzene rings is 1. The Hall–Kier alpha value is -1.44. The van der Waals surface area contributed by atoms with Gasteiger partial charge in [-0.3, -0.25) is 0 Å². The molecule has 0 aliphatic carbocycles. The zero-order chi connectivity index (χ0) is 14.4. The molecule has 0 spiro atoms. The summed E-state index contributed by atoms with van der Waals surface area (Å²) in [5, 5.41) is 13.4. The maximum Gasteiger partial charge on any atom is 0.319 e. The van der Waals surface area contributed by atoms with Crippen molar-refractivity contribution in [2.75, 3.05) is 25.6 Å². The third kappa shape index (κ3) is 4.98. The molecule has 1 aromatic rings. The molecule has 8 heteroatoms. The third-order valence-corrected chi connectivity index (χ3v) is 2.32. The number of anilines is 1. The average molecular weight is 295 g/mol. The van der Waals surface area contributed by atoms with Crippen LogP contribution in [0.15, 0.2) is 12.1 Å². The molecule has 0 radical (unpaired) electrons. The van der Waals surface area contributed by atoms with Gasteiger partial charge >= 0.3 is 6.03 Å². The van der Waals surface area contributed by atoms with E-state index in [1.54, 1.807) is 0 Å². The van der Waals surface area contributed by atoms with E-state index in [1.807, 2.05) is 5.32 Å². The zero-order valence-electron chi connectivity index (χ0n) is 10.0. The number of aliphatic hydroxyl groups is 1. The average Bonchev–Trinajstić information content (AvgIpc) is 2.31. The number of aliphatic hydroxyl groups excluding tert-OH is 1. The minimum atomic E-state index is -0.988. The highest BCUT2D eigenvalue weighted by atomic mass is 35.5. The van der Waals surface area contributed by atoms with Gasteiger partial charge < -0.3 is 20.5 Å². The fourth-order valence-corrected chi connectivity index (χ4v) is 1.47. The number of hydrogen-bond donors (Lipinski definition) is 3. The molecule has 1 rings (SSSR count). The molecule has 0 saturated heterocycles. The molecule has 0 heterocycles. The van der Waals surface area contributed by atoms with Crippen molar-refractivity contribution in [1.82, 2.24) is 5.32 Å². The molecule has 106 valence electrons. The van der Waals surface area contributed by atoms with Crippen LogP contribution in [-0.4, -0.2) is 37.5 Å². The maximum atomic E-state index is 13.4. The summed E-state index contributed by atoms with van der Waals surface area (Å²) < 4.78 is 31.4. The molecule has 1 atom stereocenters. The number of rotatable bonds is 5. The molecular formula is C11H13ClF2N2O3. The highest BCUT2D eigenvalue weighted by Gasteiger charge is 2.14. The van der Waals surface area contributed by atoms with Gasteiger partial charge in [0.15, 0.2) is 11.6 Å².